The number of amides is 1. The number of hydrogen-bond donors (Lipinski definition) is 2. The Morgan fingerprint density at radius 1 is 1.57 bits per heavy atom. The van der Waals surface area contributed by atoms with Crippen LogP contribution >= 0.6 is 0 Å². The van der Waals surface area contributed by atoms with Gasteiger partial charge in [0, 0.05) is 11.7 Å². The van der Waals surface area contributed by atoms with Gasteiger partial charge in [-0.05, 0) is 30.2 Å². The van der Waals surface area contributed by atoms with Crippen LogP contribution in [0.25, 0.3) is 0 Å². The van der Waals surface area contributed by atoms with Crippen LogP contribution in [-0.4, -0.2) is 11.9 Å². The summed E-state index contributed by atoms with van der Waals surface area (Å²) in [7, 11) is 0. The van der Waals surface area contributed by atoms with Crippen LogP contribution in [0.15, 0.2) is 18.2 Å². The molecule has 0 aromatic heterocycles. The van der Waals surface area contributed by atoms with Crippen molar-refractivity contribution >= 4 is 11.6 Å². The molecular formula is C10H9FN2O. The van der Waals surface area contributed by atoms with Crippen molar-refractivity contribution < 1.29 is 9.18 Å². The number of rotatable bonds is 0. The fourth-order valence-corrected chi connectivity index (χ4v) is 2.21. The first-order valence-electron chi connectivity index (χ1n) is 4.51. The van der Waals surface area contributed by atoms with Gasteiger partial charge in [0.1, 0.15) is 5.82 Å². The Labute approximate surface area is 80.1 Å². The van der Waals surface area contributed by atoms with E-state index in [-0.39, 0.29) is 17.8 Å². The van der Waals surface area contributed by atoms with Gasteiger partial charge in [0.15, 0.2) is 0 Å². The molecule has 0 radical (unpaired) electrons. The molecule has 3 N–H and O–H groups in total. The van der Waals surface area contributed by atoms with Gasteiger partial charge in [0.2, 0.25) is 5.91 Å². The van der Waals surface area contributed by atoms with Gasteiger partial charge in [-0.25, -0.2) is 4.39 Å². The Morgan fingerprint density at radius 2 is 2.29 bits per heavy atom. The molecule has 0 saturated heterocycles. The van der Waals surface area contributed by atoms with Crippen LogP contribution in [0.2, 0.25) is 0 Å². The van der Waals surface area contributed by atoms with E-state index in [1.807, 2.05) is 0 Å². The summed E-state index contributed by atoms with van der Waals surface area (Å²) in [6.45, 7) is 0. The zero-order valence-electron chi connectivity index (χ0n) is 7.38. The van der Waals surface area contributed by atoms with Crippen molar-refractivity contribution in [2.24, 2.45) is 5.73 Å². The number of nitrogens with two attached hydrogens (primary N) is 1. The van der Waals surface area contributed by atoms with Crippen LogP contribution in [-0.2, 0) is 10.2 Å². The van der Waals surface area contributed by atoms with Gasteiger partial charge in [-0.15, -0.1) is 0 Å². The van der Waals surface area contributed by atoms with E-state index in [9.17, 15) is 9.18 Å². The van der Waals surface area contributed by atoms with Crippen molar-refractivity contribution in [3.8, 4) is 0 Å². The molecule has 3 nitrogen and oxygen atoms in total. The third-order valence-corrected chi connectivity index (χ3v) is 3.13. The summed E-state index contributed by atoms with van der Waals surface area (Å²) in [4.78, 5) is 11.6. The SMILES string of the molecule is NC1CC12C(=O)Nc1ccc(F)cc12. The Morgan fingerprint density at radius 3 is 2.93 bits per heavy atom. The fraction of sp³-hybridized carbons (Fsp3) is 0.300. The van der Waals surface area contributed by atoms with E-state index in [4.69, 9.17) is 5.73 Å². The van der Waals surface area contributed by atoms with Crippen LogP contribution in [0, 0.1) is 5.82 Å². The first-order valence-corrected chi connectivity index (χ1v) is 4.51. The van der Waals surface area contributed by atoms with Gasteiger partial charge in [0.25, 0.3) is 0 Å². The summed E-state index contributed by atoms with van der Waals surface area (Å²) < 4.78 is 13.0. The maximum Gasteiger partial charge on any atom is 0.236 e. The lowest BCUT2D eigenvalue weighted by Crippen LogP contribution is -2.26. The van der Waals surface area contributed by atoms with Gasteiger partial charge in [0.05, 0.1) is 5.41 Å². The minimum atomic E-state index is -0.628. The van der Waals surface area contributed by atoms with E-state index in [2.05, 4.69) is 5.32 Å². The van der Waals surface area contributed by atoms with Gasteiger partial charge in [-0.3, -0.25) is 4.79 Å². The minimum absolute atomic E-state index is 0.0920. The molecular weight excluding hydrogens is 183 g/mol. The summed E-state index contributed by atoms with van der Waals surface area (Å²) >= 11 is 0. The molecule has 72 valence electrons. The Balaban J connectivity index is 2.22. The summed E-state index contributed by atoms with van der Waals surface area (Å²) in [6.07, 6.45) is 0.620. The van der Waals surface area contributed by atoms with Crippen LogP contribution in [0.4, 0.5) is 10.1 Å². The van der Waals surface area contributed by atoms with Crippen LogP contribution in [0.1, 0.15) is 12.0 Å². The average molecular weight is 192 g/mol. The number of benzene rings is 1. The number of carbonyl (C=O) groups is 1. The molecule has 1 aromatic rings. The molecule has 2 aliphatic rings. The zero-order valence-corrected chi connectivity index (χ0v) is 7.38. The minimum Gasteiger partial charge on any atom is -0.326 e. The fourth-order valence-electron chi connectivity index (χ4n) is 2.21. The van der Waals surface area contributed by atoms with E-state index >= 15 is 0 Å². The smallest absolute Gasteiger partial charge is 0.236 e. The van der Waals surface area contributed by atoms with Crippen molar-refractivity contribution in [2.45, 2.75) is 17.9 Å². The van der Waals surface area contributed by atoms with E-state index in [0.717, 1.165) is 5.56 Å². The average Bonchev–Trinajstić information content (AvgIpc) is 2.74. The highest BCUT2D eigenvalue weighted by Crippen LogP contribution is 2.54. The number of hydrogen-bond acceptors (Lipinski definition) is 2. The molecule has 1 spiro atoms. The van der Waals surface area contributed by atoms with E-state index < -0.39 is 5.41 Å². The van der Waals surface area contributed by atoms with Gasteiger partial charge >= 0.3 is 0 Å². The number of carbonyl (C=O) groups excluding carboxylic acids is 1. The Kier molecular flexibility index (Phi) is 1.22. The molecule has 1 aliphatic heterocycles. The lowest BCUT2D eigenvalue weighted by Gasteiger charge is -2.04. The summed E-state index contributed by atoms with van der Waals surface area (Å²) in [5, 5.41) is 2.72. The topological polar surface area (TPSA) is 55.1 Å². The second kappa shape index (κ2) is 2.15. The lowest BCUT2D eigenvalue weighted by molar-refractivity contribution is -0.118. The van der Waals surface area contributed by atoms with Crippen molar-refractivity contribution in [1.29, 1.82) is 0 Å². The maximum absolute atomic E-state index is 13.0. The molecule has 2 atom stereocenters. The first kappa shape index (κ1) is 7.94. The molecule has 1 amide bonds. The largest absolute Gasteiger partial charge is 0.326 e. The summed E-state index contributed by atoms with van der Waals surface area (Å²) in [5.74, 6) is -0.413. The number of anilines is 1. The van der Waals surface area contributed by atoms with E-state index in [1.54, 1.807) is 6.07 Å². The molecule has 1 aromatic carbocycles. The Hall–Kier alpha value is -1.42. The molecule has 14 heavy (non-hydrogen) atoms. The molecule has 1 fully saturated rings. The third-order valence-electron chi connectivity index (χ3n) is 3.13. The monoisotopic (exact) mass is 192 g/mol. The van der Waals surface area contributed by atoms with Crippen molar-refractivity contribution in [3.05, 3.63) is 29.6 Å². The predicted molar refractivity (Wildman–Crippen MR) is 49.3 cm³/mol. The predicted octanol–water partition coefficient (Wildman–Crippen LogP) is 0.747. The van der Waals surface area contributed by atoms with Gasteiger partial charge in [-0.1, -0.05) is 0 Å². The van der Waals surface area contributed by atoms with Gasteiger partial charge < -0.3 is 11.1 Å². The quantitative estimate of drug-likeness (QED) is 0.637. The second-order valence-electron chi connectivity index (χ2n) is 3.93. The first-order chi connectivity index (χ1) is 6.64. The Bertz CT molecular complexity index is 446. The van der Waals surface area contributed by atoms with E-state index in [0.29, 0.717) is 12.1 Å². The number of fused-ring (bicyclic) bond motifs is 2. The normalized spacial score (nSPS) is 33.0. The van der Waals surface area contributed by atoms with E-state index in [1.165, 1.54) is 12.1 Å². The molecule has 1 heterocycles. The maximum atomic E-state index is 13.0. The van der Waals surface area contributed by atoms with Crippen molar-refractivity contribution in [2.75, 3.05) is 5.32 Å². The highest BCUT2D eigenvalue weighted by molar-refractivity contribution is 6.09. The molecule has 0 bridgehead atoms. The molecule has 1 aliphatic carbocycles. The standard InChI is InChI=1S/C10H9FN2O/c11-5-1-2-7-6(3-5)10(4-8(10)12)9(14)13-7/h1-3,8H,4,12H2,(H,13,14). The zero-order chi connectivity index (χ0) is 9.92. The van der Waals surface area contributed by atoms with Crippen LogP contribution in [0.3, 0.4) is 0 Å². The number of nitrogens with one attached hydrogen (secondary N) is 1. The van der Waals surface area contributed by atoms with Crippen LogP contribution in [0.5, 0.6) is 0 Å². The highest BCUT2D eigenvalue weighted by Gasteiger charge is 2.63. The molecule has 2 unspecified atom stereocenters. The third kappa shape index (κ3) is 0.726. The number of halogens is 1. The molecule has 3 rings (SSSR count). The summed E-state index contributed by atoms with van der Waals surface area (Å²) in [5.41, 5.74) is 6.52. The highest BCUT2D eigenvalue weighted by atomic mass is 19.1. The van der Waals surface area contributed by atoms with Crippen LogP contribution < -0.4 is 11.1 Å². The van der Waals surface area contributed by atoms with Crippen molar-refractivity contribution in [3.63, 3.8) is 0 Å². The second-order valence-corrected chi connectivity index (χ2v) is 3.93. The van der Waals surface area contributed by atoms with Crippen molar-refractivity contribution in [1.82, 2.24) is 0 Å². The molecule has 4 heteroatoms. The van der Waals surface area contributed by atoms with Gasteiger partial charge in [-0.2, -0.15) is 0 Å². The molecule has 1 saturated carbocycles. The lowest BCUT2D eigenvalue weighted by atomic mass is 9.97. The summed E-state index contributed by atoms with van der Waals surface area (Å²) in [6, 6.07) is 4.17.